The molecule has 1 unspecified atom stereocenters. The van der Waals surface area contributed by atoms with Gasteiger partial charge >= 0.3 is 0 Å². The molecule has 0 aliphatic rings. The third kappa shape index (κ3) is 3.62. The van der Waals surface area contributed by atoms with Crippen LogP contribution < -0.4 is 10.0 Å². The topological polar surface area (TPSA) is 58.2 Å². The number of hydrogen-bond acceptors (Lipinski definition) is 3. The van der Waals surface area contributed by atoms with Crippen molar-refractivity contribution in [2.24, 2.45) is 0 Å². The second kappa shape index (κ2) is 6.28. The van der Waals surface area contributed by atoms with Gasteiger partial charge in [0.15, 0.2) is 0 Å². The quantitative estimate of drug-likeness (QED) is 0.892. The van der Waals surface area contributed by atoms with E-state index in [1.807, 2.05) is 38.2 Å². The predicted molar refractivity (Wildman–Crippen MR) is 85.9 cm³/mol. The number of sulfonamides is 1. The molecule has 2 N–H and O–H groups in total. The van der Waals surface area contributed by atoms with Crippen molar-refractivity contribution in [3.05, 3.63) is 59.7 Å². The van der Waals surface area contributed by atoms with Crippen LogP contribution in [0.4, 0.5) is 5.69 Å². The highest BCUT2D eigenvalue weighted by Crippen LogP contribution is 2.21. The van der Waals surface area contributed by atoms with Crippen LogP contribution in [-0.4, -0.2) is 15.5 Å². The smallest absolute Gasteiger partial charge is 0.262 e. The molecule has 21 heavy (non-hydrogen) atoms. The lowest BCUT2D eigenvalue weighted by atomic mass is 10.1. The molecule has 0 spiro atoms. The number of nitrogens with one attached hydrogen (secondary N) is 2. The summed E-state index contributed by atoms with van der Waals surface area (Å²) < 4.78 is 27.5. The second-order valence-corrected chi connectivity index (χ2v) is 6.66. The highest BCUT2D eigenvalue weighted by molar-refractivity contribution is 7.92. The summed E-state index contributed by atoms with van der Waals surface area (Å²) in [7, 11) is -1.69. The lowest BCUT2D eigenvalue weighted by molar-refractivity contribution is 0.600. The zero-order chi connectivity index (χ0) is 15.5. The third-order valence-electron chi connectivity index (χ3n) is 3.45. The van der Waals surface area contributed by atoms with Crippen molar-refractivity contribution >= 4 is 15.7 Å². The number of benzene rings is 2. The Morgan fingerprint density at radius 2 is 1.76 bits per heavy atom. The molecule has 2 rings (SSSR count). The van der Waals surface area contributed by atoms with Gasteiger partial charge in [-0.25, -0.2) is 8.42 Å². The zero-order valence-electron chi connectivity index (χ0n) is 12.4. The van der Waals surface area contributed by atoms with Crippen molar-refractivity contribution in [2.45, 2.75) is 24.8 Å². The maximum Gasteiger partial charge on any atom is 0.262 e. The summed E-state index contributed by atoms with van der Waals surface area (Å²) in [6, 6.07) is 14.5. The van der Waals surface area contributed by atoms with E-state index in [0.717, 1.165) is 11.1 Å². The number of anilines is 1. The van der Waals surface area contributed by atoms with Crippen LogP contribution >= 0.6 is 0 Å². The average Bonchev–Trinajstić information content (AvgIpc) is 2.46. The molecule has 2 aromatic rings. The van der Waals surface area contributed by atoms with Gasteiger partial charge in [0, 0.05) is 11.7 Å². The minimum absolute atomic E-state index is 0.160. The minimum atomic E-state index is -3.56. The molecule has 112 valence electrons. The van der Waals surface area contributed by atoms with Gasteiger partial charge in [-0.15, -0.1) is 0 Å². The second-order valence-electron chi connectivity index (χ2n) is 5.01. The van der Waals surface area contributed by atoms with Crippen LogP contribution in [-0.2, 0) is 10.0 Å². The average molecular weight is 304 g/mol. The van der Waals surface area contributed by atoms with Crippen LogP contribution in [0.1, 0.15) is 24.1 Å². The molecule has 2 aromatic carbocycles. The van der Waals surface area contributed by atoms with E-state index in [9.17, 15) is 8.42 Å². The van der Waals surface area contributed by atoms with E-state index in [1.165, 1.54) is 0 Å². The van der Waals surface area contributed by atoms with E-state index in [0.29, 0.717) is 10.6 Å². The summed E-state index contributed by atoms with van der Waals surface area (Å²) in [5, 5.41) is 3.13. The fourth-order valence-corrected chi connectivity index (χ4v) is 3.40. The maximum atomic E-state index is 12.4. The highest BCUT2D eigenvalue weighted by atomic mass is 32.2. The van der Waals surface area contributed by atoms with Gasteiger partial charge in [-0.2, -0.15) is 0 Å². The largest absolute Gasteiger partial charge is 0.313 e. The van der Waals surface area contributed by atoms with E-state index in [2.05, 4.69) is 10.0 Å². The summed E-state index contributed by atoms with van der Waals surface area (Å²) in [6.07, 6.45) is 0. The molecule has 0 radical (unpaired) electrons. The number of rotatable bonds is 5. The summed E-state index contributed by atoms with van der Waals surface area (Å²) in [6.45, 7) is 3.81. The lowest BCUT2D eigenvalue weighted by Gasteiger charge is -2.14. The first-order valence-electron chi connectivity index (χ1n) is 6.79. The van der Waals surface area contributed by atoms with E-state index >= 15 is 0 Å². The van der Waals surface area contributed by atoms with Crippen LogP contribution in [0, 0.1) is 6.92 Å². The summed E-state index contributed by atoms with van der Waals surface area (Å²) in [5.74, 6) is 0. The molecule has 0 amide bonds. The number of hydrogen-bond donors (Lipinski definition) is 2. The highest BCUT2D eigenvalue weighted by Gasteiger charge is 2.16. The van der Waals surface area contributed by atoms with Crippen molar-refractivity contribution in [1.29, 1.82) is 0 Å². The van der Waals surface area contributed by atoms with Crippen LogP contribution in [0.5, 0.6) is 0 Å². The van der Waals surface area contributed by atoms with Gasteiger partial charge in [0.25, 0.3) is 10.0 Å². The standard InChI is InChI=1S/C16H20N2O2S/c1-12-7-4-5-10-16(12)21(19,20)18-15-9-6-8-14(11-15)13(2)17-3/h4-11,13,17-18H,1-3H3. The Kier molecular flexibility index (Phi) is 4.65. The Hall–Kier alpha value is -1.85. The molecule has 0 saturated heterocycles. The maximum absolute atomic E-state index is 12.4. The molecule has 0 fully saturated rings. The predicted octanol–water partition coefficient (Wildman–Crippen LogP) is 3.08. The van der Waals surface area contributed by atoms with Crippen molar-refractivity contribution in [2.75, 3.05) is 11.8 Å². The monoisotopic (exact) mass is 304 g/mol. The molecule has 4 nitrogen and oxygen atoms in total. The van der Waals surface area contributed by atoms with Gasteiger partial charge in [0.1, 0.15) is 0 Å². The summed E-state index contributed by atoms with van der Waals surface area (Å²) >= 11 is 0. The fourth-order valence-electron chi connectivity index (χ4n) is 2.11. The lowest BCUT2D eigenvalue weighted by Crippen LogP contribution is -2.15. The van der Waals surface area contributed by atoms with E-state index in [1.54, 1.807) is 31.2 Å². The van der Waals surface area contributed by atoms with Crippen molar-refractivity contribution < 1.29 is 8.42 Å². The Morgan fingerprint density at radius 1 is 1.05 bits per heavy atom. The van der Waals surface area contributed by atoms with Gasteiger partial charge in [0.05, 0.1) is 4.90 Å². The Balaban J connectivity index is 2.31. The molecule has 0 bridgehead atoms. The van der Waals surface area contributed by atoms with Gasteiger partial charge < -0.3 is 5.32 Å². The first-order chi connectivity index (χ1) is 9.94. The summed E-state index contributed by atoms with van der Waals surface area (Å²) in [5.41, 5.74) is 2.32. The van der Waals surface area contributed by atoms with Crippen molar-refractivity contribution in [3.63, 3.8) is 0 Å². The number of aryl methyl sites for hydroxylation is 1. The first kappa shape index (κ1) is 15.5. The normalized spacial score (nSPS) is 12.9. The zero-order valence-corrected chi connectivity index (χ0v) is 13.2. The van der Waals surface area contributed by atoms with E-state index in [-0.39, 0.29) is 6.04 Å². The molecule has 0 aliphatic heterocycles. The van der Waals surface area contributed by atoms with Crippen molar-refractivity contribution in [1.82, 2.24) is 5.32 Å². The van der Waals surface area contributed by atoms with Crippen LogP contribution in [0.25, 0.3) is 0 Å². The van der Waals surface area contributed by atoms with Gasteiger partial charge in [-0.05, 0) is 50.2 Å². The van der Waals surface area contributed by atoms with Gasteiger partial charge in [-0.1, -0.05) is 30.3 Å². The van der Waals surface area contributed by atoms with Crippen LogP contribution in [0.15, 0.2) is 53.4 Å². The van der Waals surface area contributed by atoms with Crippen molar-refractivity contribution in [3.8, 4) is 0 Å². The Labute approximate surface area is 126 Å². The molecule has 0 saturated carbocycles. The fraction of sp³-hybridized carbons (Fsp3) is 0.250. The molecule has 1 atom stereocenters. The van der Waals surface area contributed by atoms with E-state index < -0.39 is 10.0 Å². The molecule has 0 heterocycles. The Bertz CT molecular complexity index is 727. The Morgan fingerprint density at radius 3 is 2.43 bits per heavy atom. The molecule has 0 aliphatic carbocycles. The molecular formula is C16H20N2O2S. The minimum Gasteiger partial charge on any atom is -0.313 e. The molecule has 5 heteroatoms. The van der Waals surface area contributed by atoms with Crippen LogP contribution in [0.2, 0.25) is 0 Å². The molecular weight excluding hydrogens is 284 g/mol. The van der Waals surface area contributed by atoms with E-state index in [4.69, 9.17) is 0 Å². The SMILES string of the molecule is CNC(C)c1cccc(NS(=O)(=O)c2ccccc2C)c1. The first-order valence-corrected chi connectivity index (χ1v) is 8.28. The molecule has 0 aromatic heterocycles. The summed E-state index contributed by atoms with van der Waals surface area (Å²) in [4.78, 5) is 0.303. The van der Waals surface area contributed by atoms with Crippen LogP contribution in [0.3, 0.4) is 0 Å². The van der Waals surface area contributed by atoms with Gasteiger partial charge in [-0.3, -0.25) is 4.72 Å². The van der Waals surface area contributed by atoms with Gasteiger partial charge in [0.2, 0.25) is 0 Å². The third-order valence-corrected chi connectivity index (χ3v) is 5.00.